The number of hydrogen-bond acceptors (Lipinski definition) is 2. The lowest BCUT2D eigenvalue weighted by molar-refractivity contribution is 0.481. The van der Waals surface area contributed by atoms with Crippen LogP contribution in [0.4, 0.5) is 0 Å². The molecule has 0 fully saturated rings. The van der Waals surface area contributed by atoms with Crippen LogP contribution in [0.1, 0.15) is 26.5 Å². The van der Waals surface area contributed by atoms with Crippen molar-refractivity contribution < 1.29 is 0 Å². The van der Waals surface area contributed by atoms with Crippen molar-refractivity contribution in [1.29, 1.82) is 0 Å². The van der Waals surface area contributed by atoms with Crippen LogP contribution in [-0.2, 0) is 12.3 Å². The van der Waals surface area contributed by atoms with Crippen LogP contribution in [0.15, 0.2) is 12.3 Å². The summed E-state index contributed by atoms with van der Waals surface area (Å²) in [6, 6.07) is 2.12. The highest BCUT2D eigenvalue weighted by Crippen LogP contribution is 2.09. The molecule has 1 aromatic heterocycles. The zero-order valence-corrected chi connectivity index (χ0v) is 9.47. The molecular weight excluding hydrogens is 180 g/mol. The second-order valence-electron chi connectivity index (χ2n) is 3.56. The van der Waals surface area contributed by atoms with Gasteiger partial charge in [-0.05, 0) is 17.7 Å². The molecule has 0 N–H and O–H groups in total. The lowest BCUT2D eigenvalue weighted by Gasteiger charge is -2.03. The molecule has 1 aromatic rings. The van der Waals surface area contributed by atoms with E-state index in [0.717, 1.165) is 18.1 Å². The number of nitrogens with zero attached hydrogens (tertiary/aromatic N) is 2. The van der Waals surface area contributed by atoms with Crippen LogP contribution in [-0.4, -0.2) is 15.5 Å². The minimum Gasteiger partial charge on any atom is -0.272 e. The van der Waals surface area contributed by atoms with Gasteiger partial charge in [0.1, 0.15) is 0 Å². The summed E-state index contributed by atoms with van der Waals surface area (Å²) in [4.78, 5) is 0. The van der Waals surface area contributed by atoms with Crippen molar-refractivity contribution >= 4 is 11.8 Å². The van der Waals surface area contributed by atoms with Crippen LogP contribution in [0.5, 0.6) is 0 Å². The molecule has 0 saturated carbocycles. The van der Waals surface area contributed by atoms with Gasteiger partial charge in [-0.3, -0.25) is 4.68 Å². The third kappa shape index (κ3) is 3.85. The summed E-state index contributed by atoms with van der Waals surface area (Å²) in [5.41, 5.74) is 1.20. The van der Waals surface area contributed by atoms with Crippen molar-refractivity contribution in [2.24, 2.45) is 5.92 Å². The Morgan fingerprint density at radius 1 is 1.54 bits per heavy atom. The molecule has 13 heavy (non-hydrogen) atoms. The third-order valence-electron chi connectivity index (χ3n) is 1.70. The van der Waals surface area contributed by atoms with E-state index >= 15 is 0 Å². The van der Waals surface area contributed by atoms with E-state index in [1.165, 1.54) is 5.69 Å². The first kappa shape index (κ1) is 10.6. The van der Waals surface area contributed by atoms with E-state index in [0.29, 0.717) is 5.92 Å². The Morgan fingerprint density at radius 2 is 2.31 bits per heavy atom. The summed E-state index contributed by atoms with van der Waals surface area (Å²) < 4.78 is 2.04. The Morgan fingerprint density at radius 3 is 2.92 bits per heavy atom. The van der Waals surface area contributed by atoms with Gasteiger partial charge in [0.2, 0.25) is 0 Å². The molecule has 74 valence electrons. The largest absolute Gasteiger partial charge is 0.272 e. The molecule has 0 aromatic carbocycles. The summed E-state index contributed by atoms with van der Waals surface area (Å²) >= 11 is 1.92. The summed E-state index contributed by atoms with van der Waals surface area (Å²) in [7, 11) is 0. The quantitative estimate of drug-likeness (QED) is 0.724. The zero-order chi connectivity index (χ0) is 9.68. The van der Waals surface area contributed by atoms with Gasteiger partial charge in [-0.25, -0.2) is 0 Å². The maximum absolute atomic E-state index is 4.48. The molecule has 0 amide bonds. The molecule has 0 aliphatic carbocycles. The monoisotopic (exact) mass is 198 g/mol. The first-order valence-electron chi connectivity index (χ1n) is 4.82. The minimum absolute atomic E-state index is 0.673. The van der Waals surface area contributed by atoms with Crippen molar-refractivity contribution in [2.45, 2.75) is 33.1 Å². The molecule has 1 rings (SSSR count). The molecular formula is C10H18N2S. The van der Waals surface area contributed by atoms with Gasteiger partial charge < -0.3 is 0 Å². The molecule has 0 radical (unpaired) electrons. The van der Waals surface area contributed by atoms with E-state index < -0.39 is 0 Å². The third-order valence-corrected chi connectivity index (χ3v) is 2.61. The second kappa shape index (κ2) is 5.32. The molecule has 0 aliphatic rings. The Hall–Kier alpha value is -0.440. The number of rotatable bonds is 5. The maximum Gasteiger partial charge on any atom is 0.0723 e. The van der Waals surface area contributed by atoms with Gasteiger partial charge >= 0.3 is 0 Å². The maximum atomic E-state index is 4.48. The Balaban J connectivity index is 2.44. The van der Waals surface area contributed by atoms with Crippen molar-refractivity contribution in [3.05, 3.63) is 18.0 Å². The summed E-state index contributed by atoms with van der Waals surface area (Å²) in [5, 5.41) is 4.48. The molecule has 0 unspecified atom stereocenters. The van der Waals surface area contributed by atoms with Gasteiger partial charge in [-0.15, -0.1) is 0 Å². The predicted octanol–water partition coefficient (Wildman–Crippen LogP) is 2.79. The topological polar surface area (TPSA) is 17.8 Å². The fourth-order valence-electron chi connectivity index (χ4n) is 1.16. The molecule has 2 nitrogen and oxygen atoms in total. The molecule has 1 heterocycles. The van der Waals surface area contributed by atoms with E-state index in [1.807, 2.05) is 16.4 Å². The second-order valence-corrected chi connectivity index (χ2v) is 4.83. The van der Waals surface area contributed by atoms with E-state index in [9.17, 15) is 0 Å². The van der Waals surface area contributed by atoms with Crippen LogP contribution < -0.4 is 0 Å². The molecule has 0 atom stereocenters. The lowest BCUT2D eigenvalue weighted by Crippen LogP contribution is -2.05. The fourth-order valence-corrected chi connectivity index (χ4v) is 1.73. The van der Waals surface area contributed by atoms with Crippen LogP contribution in [0.3, 0.4) is 0 Å². The fraction of sp³-hybridized carbons (Fsp3) is 0.700. The van der Waals surface area contributed by atoms with Gasteiger partial charge in [0, 0.05) is 18.5 Å². The van der Waals surface area contributed by atoms with Gasteiger partial charge in [-0.2, -0.15) is 16.9 Å². The average molecular weight is 198 g/mol. The highest BCUT2D eigenvalue weighted by molar-refractivity contribution is 7.98. The van der Waals surface area contributed by atoms with Crippen molar-refractivity contribution in [3.63, 3.8) is 0 Å². The van der Waals surface area contributed by atoms with Gasteiger partial charge in [-0.1, -0.05) is 20.8 Å². The van der Waals surface area contributed by atoms with Gasteiger partial charge in [0.05, 0.1) is 5.69 Å². The number of thioether (sulfide) groups is 1. The predicted molar refractivity (Wildman–Crippen MR) is 58.9 cm³/mol. The highest BCUT2D eigenvalue weighted by atomic mass is 32.2. The van der Waals surface area contributed by atoms with Gasteiger partial charge in [0.25, 0.3) is 0 Å². The minimum atomic E-state index is 0.673. The van der Waals surface area contributed by atoms with Crippen LogP contribution in [0.2, 0.25) is 0 Å². The molecule has 0 bridgehead atoms. The Labute approximate surface area is 84.7 Å². The summed E-state index contributed by atoms with van der Waals surface area (Å²) in [6.45, 7) is 7.62. The molecule has 3 heteroatoms. The number of hydrogen-bond donors (Lipinski definition) is 0. The first-order chi connectivity index (χ1) is 6.22. The summed E-state index contributed by atoms with van der Waals surface area (Å²) in [6.07, 6.45) is 2.07. The summed E-state index contributed by atoms with van der Waals surface area (Å²) in [5.74, 6) is 2.88. The van der Waals surface area contributed by atoms with Crippen molar-refractivity contribution in [2.75, 3.05) is 5.75 Å². The molecule has 0 saturated heterocycles. The molecule has 0 aliphatic heterocycles. The van der Waals surface area contributed by atoms with E-state index in [4.69, 9.17) is 0 Å². The smallest absolute Gasteiger partial charge is 0.0723 e. The SMILES string of the molecule is CCSCc1ccn(CC(C)C)n1. The van der Waals surface area contributed by atoms with Crippen molar-refractivity contribution in [3.8, 4) is 0 Å². The van der Waals surface area contributed by atoms with Crippen LogP contribution in [0, 0.1) is 5.92 Å². The van der Waals surface area contributed by atoms with E-state index in [2.05, 4.69) is 38.1 Å². The lowest BCUT2D eigenvalue weighted by atomic mass is 10.2. The van der Waals surface area contributed by atoms with Crippen LogP contribution >= 0.6 is 11.8 Å². The van der Waals surface area contributed by atoms with Crippen molar-refractivity contribution in [1.82, 2.24) is 9.78 Å². The van der Waals surface area contributed by atoms with E-state index in [-0.39, 0.29) is 0 Å². The van der Waals surface area contributed by atoms with E-state index in [1.54, 1.807) is 0 Å². The highest BCUT2D eigenvalue weighted by Gasteiger charge is 2.00. The molecule has 0 spiro atoms. The number of aromatic nitrogens is 2. The Kier molecular flexibility index (Phi) is 4.36. The first-order valence-corrected chi connectivity index (χ1v) is 5.98. The Bertz CT molecular complexity index is 243. The van der Waals surface area contributed by atoms with Crippen LogP contribution in [0.25, 0.3) is 0 Å². The van der Waals surface area contributed by atoms with Gasteiger partial charge in [0.15, 0.2) is 0 Å². The normalized spacial score (nSPS) is 11.1. The zero-order valence-electron chi connectivity index (χ0n) is 8.66. The average Bonchev–Trinajstić information content (AvgIpc) is 2.48. The standard InChI is InChI=1S/C10H18N2S/c1-4-13-8-10-5-6-12(11-10)7-9(2)3/h5-6,9H,4,7-8H2,1-3H3.